The van der Waals surface area contributed by atoms with E-state index in [1.807, 2.05) is 30.3 Å². The molecule has 0 amide bonds. The van der Waals surface area contributed by atoms with Gasteiger partial charge in [-0.3, -0.25) is 4.79 Å². The van der Waals surface area contributed by atoms with Crippen LogP contribution in [0, 0.1) is 0 Å². The van der Waals surface area contributed by atoms with Gasteiger partial charge in [0.1, 0.15) is 6.29 Å². The van der Waals surface area contributed by atoms with Crippen LogP contribution in [0.15, 0.2) is 35.9 Å². The third kappa shape index (κ3) is 3.90. The second kappa shape index (κ2) is 6.85. The Morgan fingerprint density at radius 1 is 1.32 bits per heavy atom. The molecular formula is C15H17ClO3. The van der Waals surface area contributed by atoms with Crippen LogP contribution in [-0.4, -0.2) is 25.6 Å². The average molecular weight is 281 g/mol. The minimum Gasteiger partial charge on any atom is -0.378 e. The first-order chi connectivity index (χ1) is 9.22. The van der Waals surface area contributed by atoms with Crippen molar-refractivity contribution in [2.45, 2.75) is 31.7 Å². The van der Waals surface area contributed by atoms with Crippen LogP contribution in [0.3, 0.4) is 0 Å². The maximum atomic E-state index is 10.8. The van der Waals surface area contributed by atoms with E-state index in [1.165, 1.54) is 0 Å². The first kappa shape index (κ1) is 14.3. The molecule has 4 heteroatoms. The van der Waals surface area contributed by atoms with Crippen LogP contribution in [0.5, 0.6) is 0 Å². The monoisotopic (exact) mass is 280 g/mol. The zero-order chi connectivity index (χ0) is 13.7. The lowest BCUT2D eigenvalue weighted by Crippen LogP contribution is -2.33. The minimum absolute atomic E-state index is 0.00984. The van der Waals surface area contributed by atoms with Crippen LogP contribution in [0.2, 0.25) is 5.02 Å². The van der Waals surface area contributed by atoms with E-state index in [9.17, 15) is 4.79 Å². The van der Waals surface area contributed by atoms with Gasteiger partial charge in [-0.25, -0.2) is 0 Å². The number of rotatable bonds is 5. The molecule has 0 heterocycles. The van der Waals surface area contributed by atoms with Gasteiger partial charge >= 0.3 is 0 Å². The quantitative estimate of drug-likeness (QED) is 0.777. The highest BCUT2D eigenvalue weighted by molar-refractivity contribution is 6.30. The summed E-state index contributed by atoms with van der Waals surface area (Å²) in [6.07, 6.45) is 4.07. The lowest BCUT2D eigenvalue weighted by molar-refractivity contribution is -0.106. The zero-order valence-electron chi connectivity index (χ0n) is 10.8. The Labute approximate surface area is 118 Å². The van der Waals surface area contributed by atoms with Crippen molar-refractivity contribution in [3.63, 3.8) is 0 Å². The van der Waals surface area contributed by atoms with Gasteiger partial charge in [-0.05, 0) is 29.7 Å². The molecule has 1 aromatic rings. The number of carbonyl (C=O) groups is 1. The van der Waals surface area contributed by atoms with Crippen molar-refractivity contribution < 1.29 is 14.3 Å². The summed E-state index contributed by atoms with van der Waals surface area (Å²) in [7, 11) is 1.65. The second-order valence-corrected chi connectivity index (χ2v) is 5.02. The molecule has 0 radical (unpaired) electrons. The second-order valence-electron chi connectivity index (χ2n) is 4.59. The van der Waals surface area contributed by atoms with Crippen LogP contribution < -0.4 is 0 Å². The van der Waals surface area contributed by atoms with E-state index in [4.69, 9.17) is 21.1 Å². The third-order valence-electron chi connectivity index (χ3n) is 3.30. The molecule has 1 aliphatic rings. The van der Waals surface area contributed by atoms with E-state index in [0.29, 0.717) is 19.4 Å². The molecule has 0 saturated carbocycles. The van der Waals surface area contributed by atoms with Crippen molar-refractivity contribution in [3.8, 4) is 0 Å². The number of halogens is 1. The fourth-order valence-corrected chi connectivity index (χ4v) is 2.28. The summed E-state index contributed by atoms with van der Waals surface area (Å²) in [5.41, 5.74) is 1.86. The Bertz CT molecular complexity index is 453. The molecule has 3 nitrogen and oxygen atoms in total. The van der Waals surface area contributed by atoms with Crippen molar-refractivity contribution in [2.75, 3.05) is 7.11 Å². The number of hydrogen-bond acceptors (Lipinski definition) is 3. The highest BCUT2D eigenvalue weighted by Gasteiger charge is 2.26. The molecule has 1 aliphatic carbocycles. The van der Waals surface area contributed by atoms with Crippen LogP contribution in [0.1, 0.15) is 18.4 Å². The molecule has 0 saturated heterocycles. The summed E-state index contributed by atoms with van der Waals surface area (Å²) >= 11 is 5.84. The highest BCUT2D eigenvalue weighted by Crippen LogP contribution is 2.23. The Kier molecular flexibility index (Phi) is 5.14. The lowest BCUT2D eigenvalue weighted by atomic mass is 9.95. The summed E-state index contributed by atoms with van der Waals surface area (Å²) in [6.45, 7) is 0.520. The van der Waals surface area contributed by atoms with Gasteiger partial charge in [0.15, 0.2) is 0 Å². The largest absolute Gasteiger partial charge is 0.378 e. The van der Waals surface area contributed by atoms with Crippen LogP contribution in [0.4, 0.5) is 0 Å². The standard InChI is InChI=1S/C15H17ClO3/c1-18-15-8-12(9-17)4-7-14(15)19-10-11-2-5-13(16)6-3-11/h2-6,9,14-15H,7-8,10H2,1H3. The topological polar surface area (TPSA) is 35.5 Å². The SMILES string of the molecule is COC1CC(C=O)=CCC1OCc1ccc(Cl)cc1. The number of methoxy groups -OCH3 is 1. The molecule has 2 rings (SSSR count). The molecule has 0 aromatic heterocycles. The maximum Gasteiger partial charge on any atom is 0.145 e. The van der Waals surface area contributed by atoms with Gasteiger partial charge in [0.25, 0.3) is 0 Å². The average Bonchev–Trinajstić information content (AvgIpc) is 2.46. The van der Waals surface area contributed by atoms with Gasteiger partial charge in [0.2, 0.25) is 0 Å². The summed E-state index contributed by atoms with van der Waals surface area (Å²) in [4.78, 5) is 10.8. The van der Waals surface area contributed by atoms with Gasteiger partial charge in [0.05, 0.1) is 18.8 Å². The van der Waals surface area contributed by atoms with E-state index < -0.39 is 0 Å². The molecule has 0 aliphatic heterocycles. The maximum absolute atomic E-state index is 10.8. The van der Waals surface area contributed by atoms with Gasteiger partial charge in [-0.2, -0.15) is 0 Å². The number of carbonyl (C=O) groups excluding carboxylic acids is 1. The smallest absolute Gasteiger partial charge is 0.145 e. The Hall–Kier alpha value is -1.16. The van der Waals surface area contributed by atoms with E-state index in [-0.39, 0.29) is 12.2 Å². The van der Waals surface area contributed by atoms with Crippen LogP contribution in [-0.2, 0) is 20.9 Å². The van der Waals surface area contributed by atoms with E-state index in [1.54, 1.807) is 7.11 Å². The van der Waals surface area contributed by atoms with Gasteiger partial charge < -0.3 is 9.47 Å². The van der Waals surface area contributed by atoms with Crippen LogP contribution >= 0.6 is 11.6 Å². The molecule has 2 unspecified atom stereocenters. The molecule has 0 fully saturated rings. The van der Waals surface area contributed by atoms with Crippen molar-refractivity contribution >= 4 is 17.9 Å². The van der Waals surface area contributed by atoms with Crippen molar-refractivity contribution in [3.05, 3.63) is 46.5 Å². The highest BCUT2D eigenvalue weighted by atomic mass is 35.5. The van der Waals surface area contributed by atoms with Crippen molar-refractivity contribution in [1.29, 1.82) is 0 Å². The Morgan fingerprint density at radius 2 is 2.05 bits per heavy atom. The molecule has 19 heavy (non-hydrogen) atoms. The van der Waals surface area contributed by atoms with Gasteiger partial charge in [-0.1, -0.05) is 29.8 Å². The first-order valence-electron chi connectivity index (χ1n) is 6.26. The summed E-state index contributed by atoms with van der Waals surface area (Å²) in [6, 6.07) is 7.58. The molecule has 2 atom stereocenters. The fourth-order valence-electron chi connectivity index (χ4n) is 2.16. The summed E-state index contributed by atoms with van der Waals surface area (Å²) in [5.74, 6) is 0. The molecule has 1 aromatic carbocycles. The Balaban J connectivity index is 1.93. The molecule has 0 spiro atoms. The summed E-state index contributed by atoms with van der Waals surface area (Å²) in [5, 5.41) is 0.717. The van der Waals surface area contributed by atoms with E-state index >= 15 is 0 Å². The van der Waals surface area contributed by atoms with E-state index in [0.717, 1.165) is 22.4 Å². The fraction of sp³-hybridized carbons (Fsp3) is 0.400. The zero-order valence-corrected chi connectivity index (χ0v) is 11.6. The van der Waals surface area contributed by atoms with Crippen molar-refractivity contribution in [2.24, 2.45) is 0 Å². The molecule has 102 valence electrons. The number of aldehydes is 1. The molecular weight excluding hydrogens is 264 g/mol. The minimum atomic E-state index is -0.0579. The third-order valence-corrected chi connectivity index (χ3v) is 3.55. The van der Waals surface area contributed by atoms with Crippen molar-refractivity contribution in [1.82, 2.24) is 0 Å². The number of benzene rings is 1. The molecule has 0 bridgehead atoms. The van der Waals surface area contributed by atoms with E-state index in [2.05, 4.69) is 0 Å². The predicted octanol–water partition coefficient (Wildman–Crippen LogP) is 3.16. The molecule has 0 N–H and O–H groups in total. The normalized spacial score (nSPS) is 22.9. The van der Waals surface area contributed by atoms with Gasteiger partial charge in [-0.15, -0.1) is 0 Å². The lowest BCUT2D eigenvalue weighted by Gasteiger charge is -2.29. The first-order valence-corrected chi connectivity index (χ1v) is 6.63. The number of ether oxygens (including phenoxy) is 2. The Morgan fingerprint density at radius 3 is 2.68 bits per heavy atom. The van der Waals surface area contributed by atoms with Gasteiger partial charge in [0, 0.05) is 18.6 Å². The van der Waals surface area contributed by atoms with Crippen LogP contribution in [0.25, 0.3) is 0 Å². The number of hydrogen-bond donors (Lipinski definition) is 0. The predicted molar refractivity (Wildman–Crippen MR) is 74.2 cm³/mol. The summed E-state index contributed by atoms with van der Waals surface area (Å²) < 4.78 is 11.3.